The molecule has 1 rings (SSSR count). The second-order valence-electron chi connectivity index (χ2n) is 1.77. The lowest BCUT2D eigenvalue weighted by atomic mass is 10.3. The lowest BCUT2D eigenvalue weighted by Crippen LogP contribution is -1.77. The average molecular weight is 188 g/mol. The minimum atomic E-state index is -0.455. The van der Waals surface area contributed by atoms with Gasteiger partial charge in [-0.2, -0.15) is 5.26 Å². The van der Waals surface area contributed by atoms with Crippen LogP contribution in [-0.2, 0) is 0 Å². The van der Waals surface area contributed by atoms with Crippen molar-refractivity contribution in [3.63, 3.8) is 0 Å². The molecule has 1 nitrogen and oxygen atoms in total. The summed E-state index contributed by atoms with van der Waals surface area (Å²) in [6.45, 7) is 0. The van der Waals surface area contributed by atoms with E-state index in [4.69, 9.17) is 16.9 Å². The van der Waals surface area contributed by atoms with Crippen molar-refractivity contribution in [3.05, 3.63) is 29.0 Å². The molecule has 0 spiro atoms. The first-order valence-corrected chi connectivity index (χ1v) is 3.94. The molecular weight excluding hydrogens is 185 g/mol. The number of benzene rings is 1. The highest BCUT2D eigenvalue weighted by molar-refractivity contribution is 8.03. The molecular formula is C7H3ClFNS. The lowest BCUT2D eigenvalue weighted by Gasteiger charge is -1.95. The molecule has 0 heterocycles. The molecule has 0 N–H and O–H groups in total. The lowest BCUT2D eigenvalue weighted by molar-refractivity contribution is 0.602. The summed E-state index contributed by atoms with van der Waals surface area (Å²) in [6, 6.07) is 4.21. The second kappa shape index (κ2) is 3.61. The Hall–Kier alpha value is -0.720. The maximum atomic E-state index is 12.8. The topological polar surface area (TPSA) is 23.8 Å². The Kier molecular flexibility index (Phi) is 2.75. The van der Waals surface area contributed by atoms with Gasteiger partial charge >= 0.3 is 0 Å². The van der Waals surface area contributed by atoms with Crippen LogP contribution in [0.5, 0.6) is 0 Å². The third-order valence-electron chi connectivity index (χ3n) is 1.05. The molecule has 0 aliphatic heterocycles. The van der Waals surface area contributed by atoms with Crippen molar-refractivity contribution in [3.8, 4) is 5.40 Å². The van der Waals surface area contributed by atoms with Crippen LogP contribution in [0.4, 0.5) is 4.39 Å². The highest BCUT2D eigenvalue weighted by Gasteiger charge is 2.01. The first-order valence-electron chi connectivity index (χ1n) is 2.75. The highest BCUT2D eigenvalue weighted by Crippen LogP contribution is 2.23. The number of halogens is 2. The van der Waals surface area contributed by atoms with Crippen LogP contribution in [0.3, 0.4) is 0 Å². The summed E-state index contributed by atoms with van der Waals surface area (Å²) < 4.78 is 12.8. The molecule has 0 amide bonds. The van der Waals surface area contributed by atoms with Gasteiger partial charge in [-0.1, -0.05) is 11.6 Å². The standard InChI is InChI=1S/C7H3ClFNS/c8-5-1-2-7(11-4-10)6(9)3-5/h1-3H. The number of rotatable bonds is 1. The molecule has 0 unspecified atom stereocenters. The Bertz CT molecular complexity index is 308. The monoisotopic (exact) mass is 187 g/mol. The zero-order chi connectivity index (χ0) is 8.27. The molecule has 0 saturated carbocycles. The molecule has 11 heavy (non-hydrogen) atoms. The van der Waals surface area contributed by atoms with Gasteiger partial charge in [0, 0.05) is 5.02 Å². The summed E-state index contributed by atoms with van der Waals surface area (Å²) in [6.07, 6.45) is 0. The van der Waals surface area contributed by atoms with E-state index in [1.54, 1.807) is 11.5 Å². The van der Waals surface area contributed by atoms with Gasteiger partial charge in [0.05, 0.1) is 4.90 Å². The number of nitrogens with zero attached hydrogens (tertiary/aromatic N) is 1. The highest BCUT2D eigenvalue weighted by atomic mass is 35.5. The molecule has 0 atom stereocenters. The first-order chi connectivity index (χ1) is 5.24. The first kappa shape index (κ1) is 8.38. The van der Waals surface area contributed by atoms with Gasteiger partial charge in [-0.25, -0.2) is 4.39 Å². The van der Waals surface area contributed by atoms with Crippen molar-refractivity contribution in [2.75, 3.05) is 0 Å². The number of hydrogen-bond acceptors (Lipinski definition) is 2. The summed E-state index contributed by atoms with van der Waals surface area (Å²) >= 11 is 6.27. The van der Waals surface area contributed by atoms with Gasteiger partial charge in [-0.15, -0.1) is 0 Å². The molecule has 1 aromatic carbocycles. The van der Waals surface area contributed by atoms with Crippen LogP contribution >= 0.6 is 23.4 Å². The van der Waals surface area contributed by atoms with Crippen LogP contribution in [0.2, 0.25) is 5.02 Å². The average Bonchev–Trinajstić information content (AvgIpc) is 1.95. The van der Waals surface area contributed by atoms with E-state index in [0.29, 0.717) is 9.92 Å². The Balaban J connectivity index is 3.01. The van der Waals surface area contributed by atoms with E-state index in [1.807, 2.05) is 0 Å². The molecule has 0 bridgehead atoms. The third kappa shape index (κ3) is 2.11. The third-order valence-corrected chi connectivity index (χ3v) is 1.93. The Labute approximate surface area is 72.8 Å². The van der Waals surface area contributed by atoms with Crippen molar-refractivity contribution in [1.82, 2.24) is 0 Å². The minimum absolute atomic E-state index is 0.303. The second-order valence-corrected chi connectivity index (χ2v) is 3.03. The van der Waals surface area contributed by atoms with E-state index in [0.717, 1.165) is 11.8 Å². The van der Waals surface area contributed by atoms with E-state index in [1.165, 1.54) is 12.1 Å². The van der Waals surface area contributed by atoms with Gasteiger partial charge in [-0.05, 0) is 30.0 Å². The number of hydrogen-bond donors (Lipinski definition) is 0. The fraction of sp³-hybridized carbons (Fsp3) is 0. The summed E-state index contributed by atoms with van der Waals surface area (Å²) in [7, 11) is 0. The van der Waals surface area contributed by atoms with E-state index in [9.17, 15) is 4.39 Å². The predicted octanol–water partition coefficient (Wildman–Crippen LogP) is 3.05. The largest absolute Gasteiger partial charge is 0.206 e. The van der Waals surface area contributed by atoms with Crippen molar-refractivity contribution in [1.29, 1.82) is 5.26 Å². The summed E-state index contributed by atoms with van der Waals surface area (Å²) in [4.78, 5) is 0.303. The van der Waals surface area contributed by atoms with E-state index < -0.39 is 5.82 Å². The summed E-state index contributed by atoms with van der Waals surface area (Å²) in [5, 5.41) is 10.3. The van der Waals surface area contributed by atoms with Gasteiger partial charge in [-0.3, -0.25) is 0 Å². The van der Waals surface area contributed by atoms with Gasteiger partial charge in [0.2, 0.25) is 0 Å². The van der Waals surface area contributed by atoms with Gasteiger partial charge < -0.3 is 0 Å². The smallest absolute Gasteiger partial charge is 0.139 e. The number of nitriles is 1. The van der Waals surface area contributed by atoms with Crippen LogP contribution in [0.1, 0.15) is 0 Å². The fourth-order valence-electron chi connectivity index (χ4n) is 0.607. The van der Waals surface area contributed by atoms with Crippen molar-refractivity contribution in [2.24, 2.45) is 0 Å². The molecule has 0 saturated heterocycles. The molecule has 0 aliphatic carbocycles. The summed E-state index contributed by atoms with van der Waals surface area (Å²) in [5.74, 6) is -0.455. The molecule has 1 aromatic rings. The van der Waals surface area contributed by atoms with Crippen molar-refractivity contribution >= 4 is 23.4 Å². The maximum absolute atomic E-state index is 12.8. The van der Waals surface area contributed by atoms with Crippen LogP contribution < -0.4 is 0 Å². The summed E-state index contributed by atoms with van der Waals surface area (Å²) in [5.41, 5.74) is 0. The van der Waals surface area contributed by atoms with E-state index >= 15 is 0 Å². The molecule has 4 heteroatoms. The molecule has 56 valence electrons. The Morgan fingerprint density at radius 3 is 2.82 bits per heavy atom. The molecule has 0 aliphatic rings. The van der Waals surface area contributed by atoms with Crippen LogP contribution in [0.25, 0.3) is 0 Å². The molecule has 0 aromatic heterocycles. The van der Waals surface area contributed by atoms with Crippen LogP contribution in [0, 0.1) is 16.5 Å². The number of thioether (sulfide) groups is 1. The quantitative estimate of drug-likeness (QED) is 0.499. The zero-order valence-electron chi connectivity index (χ0n) is 5.34. The maximum Gasteiger partial charge on any atom is 0.139 e. The Morgan fingerprint density at radius 1 is 1.55 bits per heavy atom. The predicted molar refractivity (Wildman–Crippen MR) is 42.9 cm³/mol. The van der Waals surface area contributed by atoms with Crippen molar-refractivity contribution in [2.45, 2.75) is 4.90 Å². The van der Waals surface area contributed by atoms with Gasteiger partial charge in [0.25, 0.3) is 0 Å². The minimum Gasteiger partial charge on any atom is -0.206 e. The number of thiocyanates is 1. The SMILES string of the molecule is N#CSc1ccc(Cl)cc1F. The van der Waals surface area contributed by atoms with Crippen LogP contribution in [-0.4, -0.2) is 0 Å². The molecule has 0 radical (unpaired) electrons. The van der Waals surface area contributed by atoms with E-state index in [2.05, 4.69) is 0 Å². The fourth-order valence-corrected chi connectivity index (χ4v) is 1.16. The van der Waals surface area contributed by atoms with Crippen molar-refractivity contribution < 1.29 is 4.39 Å². The normalized spacial score (nSPS) is 9.18. The van der Waals surface area contributed by atoms with Crippen LogP contribution in [0.15, 0.2) is 23.1 Å². The van der Waals surface area contributed by atoms with Gasteiger partial charge in [0.15, 0.2) is 0 Å². The molecule has 0 fully saturated rings. The Morgan fingerprint density at radius 2 is 2.27 bits per heavy atom. The van der Waals surface area contributed by atoms with Gasteiger partial charge in [0.1, 0.15) is 11.2 Å². The zero-order valence-corrected chi connectivity index (χ0v) is 6.92. The van der Waals surface area contributed by atoms with E-state index in [-0.39, 0.29) is 0 Å².